The fourth-order valence-electron chi connectivity index (χ4n) is 7.69. The summed E-state index contributed by atoms with van der Waals surface area (Å²) in [5.41, 5.74) is 2.38. The Balaban J connectivity index is 1.22. The highest BCUT2D eigenvalue weighted by Gasteiger charge is 2.42. The third kappa shape index (κ3) is 6.17. The summed E-state index contributed by atoms with van der Waals surface area (Å²) in [6.07, 6.45) is 7.53. The molecule has 1 aliphatic carbocycles. The van der Waals surface area contributed by atoms with E-state index in [4.69, 9.17) is 5.10 Å². The van der Waals surface area contributed by atoms with E-state index in [1.807, 2.05) is 101 Å². The van der Waals surface area contributed by atoms with Crippen molar-refractivity contribution >= 4 is 22.9 Å². The molecule has 2 aliphatic rings. The summed E-state index contributed by atoms with van der Waals surface area (Å²) in [4.78, 5) is 28.3. The quantitative estimate of drug-likeness (QED) is 0.161. The predicted molar refractivity (Wildman–Crippen MR) is 192 cm³/mol. The van der Waals surface area contributed by atoms with Crippen LogP contribution >= 0.6 is 0 Å². The van der Waals surface area contributed by atoms with Gasteiger partial charge in [0.1, 0.15) is 17.1 Å². The lowest BCUT2D eigenvalue weighted by molar-refractivity contribution is 0.199. The Morgan fingerprint density at radius 2 is 1.37 bits per heavy atom. The lowest BCUT2D eigenvalue weighted by Gasteiger charge is -2.36. The van der Waals surface area contributed by atoms with Crippen LogP contribution in [0.5, 0.6) is 0 Å². The number of anilines is 1. The Morgan fingerprint density at radius 3 is 2.00 bits per heavy atom. The second-order valence-electron chi connectivity index (χ2n) is 13.3. The van der Waals surface area contributed by atoms with E-state index in [1.165, 1.54) is 12.3 Å². The Morgan fingerprint density at radius 1 is 0.765 bits per heavy atom. The molecule has 11 heteroatoms. The van der Waals surface area contributed by atoms with Crippen molar-refractivity contribution in [2.24, 2.45) is 0 Å². The van der Waals surface area contributed by atoms with E-state index < -0.39 is 17.2 Å². The second-order valence-corrected chi connectivity index (χ2v) is 13.3. The summed E-state index contributed by atoms with van der Waals surface area (Å²) in [5, 5.41) is 12.0. The predicted octanol–water partition coefficient (Wildman–Crippen LogP) is 7.54. The number of aromatic nitrogens is 5. The van der Waals surface area contributed by atoms with E-state index in [9.17, 15) is 4.79 Å². The molecular weight excluding hydrogens is 646 g/mol. The van der Waals surface area contributed by atoms with Gasteiger partial charge in [0, 0.05) is 25.2 Å². The van der Waals surface area contributed by atoms with E-state index >= 15 is 8.78 Å². The molecule has 2 N–H and O–H groups in total. The molecule has 1 saturated heterocycles. The van der Waals surface area contributed by atoms with Crippen LogP contribution in [-0.4, -0.2) is 60.8 Å². The van der Waals surface area contributed by atoms with Crippen molar-refractivity contribution in [3.05, 3.63) is 138 Å². The first-order valence-corrected chi connectivity index (χ1v) is 17.6. The van der Waals surface area contributed by atoms with Crippen molar-refractivity contribution < 1.29 is 13.6 Å². The van der Waals surface area contributed by atoms with Gasteiger partial charge in [0.25, 0.3) is 0 Å². The van der Waals surface area contributed by atoms with Gasteiger partial charge in [0.15, 0.2) is 23.1 Å². The molecule has 0 unspecified atom stereocenters. The average Bonchev–Trinajstić information content (AvgIpc) is 3.84. The Hall–Kier alpha value is -5.71. The largest absolute Gasteiger partial charge is 0.365 e. The van der Waals surface area contributed by atoms with E-state index in [-0.39, 0.29) is 35.5 Å². The summed E-state index contributed by atoms with van der Waals surface area (Å²) < 4.78 is 32.3. The number of pyridine rings is 1. The van der Waals surface area contributed by atoms with Gasteiger partial charge in [0.05, 0.1) is 17.8 Å². The first-order chi connectivity index (χ1) is 25.0. The number of halogens is 2. The van der Waals surface area contributed by atoms with Crippen LogP contribution < -0.4 is 10.6 Å². The molecule has 9 nitrogen and oxygen atoms in total. The molecule has 1 saturated carbocycles. The SMILES string of the molecule is O=C(N[C@@H]1CCC[C@H](Nc2nc(-c3nn(C(c4ccccc4)(c4ccccc4)c4ccccc4)c4ncc(F)cc34)ncc2F)C1)N1CCCC1. The maximum Gasteiger partial charge on any atom is 0.317 e. The van der Waals surface area contributed by atoms with Gasteiger partial charge < -0.3 is 15.5 Å². The van der Waals surface area contributed by atoms with Gasteiger partial charge in [-0.3, -0.25) is 0 Å². The van der Waals surface area contributed by atoms with E-state index in [0.29, 0.717) is 17.5 Å². The zero-order valence-corrected chi connectivity index (χ0v) is 28.1. The lowest BCUT2D eigenvalue weighted by Crippen LogP contribution is -2.47. The van der Waals surface area contributed by atoms with Gasteiger partial charge in [-0.05, 0) is 61.3 Å². The van der Waals surface area contributed by atoms with Crippen LogP contribution in [0.25, 0.3) is 22.6 Å². The molecule has 8 rings (SSSR count). The zero-order chi connectivity index (χ0) is 34.8. The molecule has 0 spiro atoms. The molecule has 4 heterocycles. The number of hydrogen-bond donors (Lipinski definition) is 2. The van der Waals surface area contributed by atoms with E-state index in [2.05, 4.69) is 25.6 Å². The maximum atomic E-state index is 15.4. The number of benzene rings is 3. The Labute approximate surface area is 294 Å². The maximum absolute atomic E-state index is 15.4. The van der Waals surface area contributed by atoms with Gasteiger partial charge in [0.2, 0.25) is 0 Å². The smallest absolute Gasteiger partial charge is 0.317 e. The Bertz CT molecular complexity index is 2040. The fraction of sp³-hybridized carbons (Fsp3) is 0.275. The van der Waals surface area contributed by atoms with Crippen LogP contribution in [0.2, 0.25) is 0 Å². The molecule has 258 valence electrons. The monoisotopic (exact) mass is 684 g/mol. The van der Waals surface area contributed by atoms with Crippen molar-refractivity contribution in [2.45, 2.75) is 56.1 Å². The Kier molecular flexibility index (Phi) is 8.85. The van der Waals surface area contributed by atoms with Crippen molar-refractivity contribution in [3.8, 4) is 11.5 Å². The molecule has 0 radical (unpaired) electrons. The first-order valence-electron chi connectivity index (χ1n) is 17.6. The van der Waals surface area contributed by atoms with Gasteiger partial charge in [-0.25, -0.2) is 33.2 Å². The molecule has 2 atom stereocenters. The van der Waals surface area contributed by atoms with Crippen LogP contribution in [0, 0.1) is 11.6 Å². The first kappa shape index (κ1) is 32.5. The van der Waals surface area contributed by atoms with E-state index in [1.54, 1.807) is 0 Å². The average molecular weight is 685 g/mol. The van der Waals surface area contributed by atoms with Crippen molar-refractivity contribution in [3.63, 3.8) is 0 Å². The molecule has 51 heavy (non-hydrogen) atoms. The topological polar surface area (TPSA) is 101 Å². The summed E-state index contributed by atoms with van der Waals surface area (Å²) in [6.45, 7) is 1.56. The molecule has 3 aromatic carbocycles. The number of likely N-dealkylation sites (tertiary alicyclic amines) is 1. The third-order valence-electron chi connectivity index (χ3n) is 10.1. The highest BCUT2D eigenvalue weighted by molar-refractivity contribution is 5.90. The van der Waals surface area contributed by atoms with Crippen LogP contribution in [0.3, 0.4) is 0 Å². The molecule has 1 aliphatic heterocycles. The summed E-state index contributed by atoms with van der Waals surface area (Å²) in [7, 11) is 0. The summed E-state index contributed by atoms with van der Waals surface area (Å²) >= 11 is 0. The molecule has 0 bridgehead atoms. The number of nitrogens with zero attached hydrogens (tertiary/aromatic N) is 6. The minimum atomic E-state index is -1.04. The van der Waals surface area contributed by atoms with Crippen molar-refractivity contribution in [1.82, 2.24) is 34.9 Å². The number of urea groups is 1. The van der Waals surface area contributed by atoms with E-state index in [0.717, 1.165) is 68.1 Å². The van der Waals surface area contributed by atoms with Crippen molar-refractivity contribution in [2.75, 3.05) is 18.4 Å². The third-order valence-corrected chi connectivity index (χ3v) is 10.1. The van der Waals surface area contributed by atoms with Gasteiger partial charge >= 0.3 is 6.03 Å². The molecule has 3 aromatic heterocycles. The zero-order valence-electron chi connectivity index (χ0n) is 28.1. The number of amides is 2. The number of nitrogens with one attached hydrogen (secondary N) is 2. The standard InChI is InChI=1S/C40H38F2N8O/c41-30-23-33-35(37-43-26-34(42)36(47-37)45-31-19-12-20-32(24-31)46-39(51)49-21-10-11-22-49)48-50(38(33)44-25-30)40(27-13-4-1-5-14-27,28-15-6-2-7-16-28)29-17-8-3-9-18-29/h1-9,13-18,23,25-26,31-32H,10-12,19-22,24H2,(H,46,51)(H,43,45,47)/t31-,32+/m0/s1. The van der Waals surface area contributed by atoms with Crippen LogP contribution in [-0.2, 0) is 5.54 Å². The molecule has 6 aromatic rings. The number of carbonyl (C=O) groups excluding carboxylic acids is 1. The fourth-order valence-corrected chi connectivity index (χ4v) is 7.69. The number of hydrogen-bond acceptors (Lipinski definition) is 6. The number of carbonyl (C=O) groups is 1. The highest BCUT2D eigenvalue weighted by Crippen LogP contribution is 2.43. The van der Waals surface area contributed by atoms with Crippen LogP contribution in [0.15, 0.2) is 109 Å². The normalized spacial score (nSPS) is 17.8. The van der Waals surface area contributed by atoms with Gasteiger partial charge in [-0.2, -0.15) is 5.10 Å². The summed E-state index contributed by atoms with van der Waals surface area (Å²) in [5.74, 6) is -0.989. The van der Waals surface area contributed by atoms with Gasteiger partial charge in [-0.15, -0.1) is 0 Å². The van der Waals surface area contributed by atoms with Crippen LogP contribution in [0.1, 0.15) is 55.2 Å². The van der Waals surface area contributed by atoms with Gasteiger partial charge in [-0.1, -0.05) is 91.0 Å². The highest BCUT2D eigenvalue weighted by atomic mass is 19.1. The molecular formula is C40H38F2N8O. The van der Waals surface area contributed by atoms with Crippen molar-refractivity contribution in [1.29, 1.82) is 0 Å². The second kappa shape index (κ2) is 13.9. The lowest BCUT2D eigenvalue weighted by atomic mass is 9.77. The minimum absolute atomic E-state index is 0.0236. The summed E-state index contributed by atoms with van der Waals surface area (Å²) in [6, 6.07) is 31.2. The van der Waals surface area contributed by atoms with Crippen LogP contribution in [0.4, 0.5) is 19.4 Å². The minimum Gasteiger partial charge on any atom is -0.365 e. The number of rotatable bonds is 8. The molecule has 2 fully saturated rings. The number of fused-ring (bicyclic) bond motifs is 1. The molecule has 2 amide bonds.